The number of ether oxygens (including phenoxy) is 2. The molecule has 10 heteroatoms. The SMILES string of the molecule is Cc1nc2cc(C(=O)NCCC34CC5CC(CC(C5)C3)C4)nn2c(-c2cc(F)c3c(c2C)CCCO3)c1[C@H](OC(C)(C)C)C(=O)O. The second-order valence-electron chi connectivity index (χ2n) is 15.4. The zero-order valence-corrected chi connectivity index (χ0v) is 27.5. The molecule has 2 N–H and O–H groups in total. The van der Waals surface area contributed by atoms with Crippen LogP contribution in [-0.2, 0) is 16.0 Å². The standard InChI is InChI=1S/C36H45FN4O5/c1-19-24-7-6-10-45-31(24)26(37)14-25(19)30-29(32(34(43)44)46-35(3,4)5)20(2)39-28-15-27(40-41(28)30)33(42)38-9-8-36-16-21-11-22(17-36)13-23(12-21)18-36/h14-15,21-23,32H,6-13,16-18H2,1-5H3,(H,38,42)(H,43,44)/t21?,22?,23?,32-,36?/m0/s1. The van der Waals surface area contributed by atoms with Gasteiger partial charge in [0.1, 0.15) is 0 Å². The number of aliphatic carboxylic acids is 1. The first-order valence-electron chi connectivity index (χ1n) is 16.8. The summed E-state index contributed by atoms with van der Waals surface area (Å²) in [6, 6.07) is 2.99. The molecule has 0 spiro atoms. The minimum Gasteiger partial charge on any atom is -0.490 e. The van der Waals surface area contributed by atoms with Gasteiger partial charge >= 0.3 is 5.97 Å². The molecule has 2 aromatic heterocycles. The number of carboxylic acids is 1. The number of carbonyl (C=O) groups excluding carboxylic acids is 1. The number of nitrogens with zero attached hydrogens (tertiary/aromatic N) is 3. The number of carboxylic acid groups (broad SMARTS) is 1. The molecule has 4 fully saturated rings. The number of benzene rings is 1. The van der Waals surface area contributed by atoms with Crippen LogP contribution in [0.3, 0.4) is 0 Å². The normalized spacial score (nSPS) is 25.7. The van der Waals surface area contributed by atoms with Crippen LogP contribution in [0.5, 0.6) is 5.75 Å². The van der Waals surface area contributed by atoms with Crippen LogP contribution in [0, 0.1) is 42.8 Å². The van der Waals surface area contributed by atoms with Crippen LogP contribution < -0.4 is 10.1 Å². The van der Waals surface area contributed by atoms with Gasteiger partial charge in [0.05, 0.1) is 17.9 Å². The Balaban J connectivity index is 1.27. The van der Waals surface area contributed by atoms with Crippen LogP contribution >= 0.6 is 0 Å². The van der Waals surface area contributed by atoms with Crippen molar-refractivity contribution in [1.29, 1.82) is 0 Å². The highest BCUT2D eigenvalue weighted by molar-refractivity contribution is 5.93. The highest BCUT2D eigenvalue weighted by Crippen LogP contribution is 2.61. The lowest BCUT2D eigenvalue weighted by molar-refractivity contribution is -0.160. The maximum Gasteiger partial charge on any atom is 0.337 e. The van der Waals surface area contributed by atoms with Crippen LogP contribution in [0.4, 0.5) is 4.39 Å². The molecule has 0 unspecified atom stereocenters. The molecule has 1 aliphatic heterocycles. The fourth-order valence-electron chi connectivity index (χ4n) is 9.44. The third-order valence-electron chi connectivity index (χ3n) is 10.8. The van der Waals surface area contributed by atoms with Gasteiger partial charge in [-0.15, -0.1) is 0 Å². The van der Waals surface area contributed by atoms with Gasteiger partial charge in [-0.25, -0.2) is 18.7 Å². The number of carbonyl (C=O) groups is 2. The van der Waals surface area contributed by atoms with Crippen molar-refractivity contribution in [3.05, 3.63) is 46.0 Å². The van der Waals surface area contributed by atoms with Gasteiger partial charge in [-0.1, -0.05) is 0 Å². The van der Waals surface area contributed by atoms with E-state index in [9.17, 15) is 14.7 Å². The molecule has 3 heterocycles. The summed E-state index contributed by atoms with van der Waals surface area (Å²) < 4.78 is 28.9. The number of rotatable bonds is 8. The lowest BCUT2D eigenvalue weighted by atomic mass is 9.49. The van der Waals surface area contributed by atoms with E-state index in [0.29, 0.717) is 47.6 Å². The van der Waals surface area contributed by atoms with E-state index >= 15 is 4.39 Å². The van der Waals surface area contributed by atoms with E-state index < -0.39 is 23.5 Å². The summed E-state index contributed by atoms with van der Waals surface area (Å²) in [7, 11) is 0. The number of hydrogen-bond acceptors (Lipinski definition) is 6. The molecular formula is C36H45FN4O5. The first kappa shape index (κ1) is 31.1. The lowest BCUT2D eigenvalue weighted by Crippen LogP contribution is -2.47. The van der Waals surface area contributed by atoms with Crippen molar-refractivity contribution in [3.63, 3.8) is 0 Å². The van der Waals surface area contributed by atoms with Crippen molar-refractivity contribution in [3.8, 4) is 17.0 Å². The van der Waals surface area contributed by atoms with Crippen molar-refractivity contribution in [1.82, 2.24) is 19.9 Å². The van der Waals surface area contributed by atoms with Crippen LogP contribution in [0.2, 0.25) is 0 Å². The summed E-state index contributed by atoms with van der Waals surface area (Å²) >= 11 is 0. The molecule has 0 saturated heterocycles. The molecule has 46 heavy (non-hydrogen) atoms. The van der Waals surface area contributed by atoms with Crippen molar-refractivity contribution in [2.75, 3.05) is 13.2 Å². The maximum atomic E-state index is 15.6. The zero-order chi connectivity index (χ0) is 32.5. The second-order valence-corrected chi connectivity index (χ2v) is 15.4. The topological polar surface area (TPSA) is 115 Å². The molecule has 9 nitrogen and oxygen atoms in total. The highest BCUT2D eigenvalue weighted by Gasteiger charge is 2.50. The molecule has 4 aliphatic carbocycles. The number of nitrogens with one attached hydrogen (secondary N) is 1. The number of fused-ring (bicyclic) bond motifs is 2. The Kier molecular flexibility index (Phi) is 7.65. The summed E-state index contributed by atoms with van der Waals surface area (Å²) in [5.41, 5.74) is 3.08. The third-order valence-corrected chi connectivity index (χ3v) is 10.8. The number of amides is 1. The monoisotopic (exact) mass is 632 g/mol. The quantitative estimate of drug-likeness (QED) is 0.282. The minimum absolute atomic E-state index is 0.179. The van der Waals surface area contributed by atoms with Crippen molar-refractivity contribution in [2.24, 2.45) is 23.2 Å². The smallest absolute Gasteiger partial charge is 0.337 e. The Morgan fingerprint density at radius 2 is 1.83 bits per heavy atom. The van der Waals surface area contributed by atoms with Gasteiger partial charge in [0.2, 0.25) is 0 Å². The van der Waals surface area contributed by atoms with E-state index in [2.05, 4.69) is 5.32 Å². The minimum atomic E-state index is -1.41. The average molecular weight is 633 g/mol. The zero-order valence-electron chi connectivity index (χ0n) is 27.5. The van der Waals surface area contributed by atoms with Crippen molar-refractivity contribution < 1.29 is 28.6 Å². The third kappa shape index (κ3) is 5.56. The van der Waals surface area contributed by atoms with E-state index in [-0.39, 0.29) is 22.9 Å². The van der Waals surface area contributed by atoms with Gasteiger partial charge in [0.15, 0.2) is 29.0 Å². The first-order valence-corrected chi connectivity index (χ1v) is 16.8. The molecular weight excluding hydrogens is 587 g/mol. The Labute approximate surface area is 269 Å². The number of aryl methyl sites for hydroxylation is 1. The molecule has 246 valence electrons. The van der Waals surface area contributed by atoms with Gasteiger partial charge in [0, 0.05) is 35.0 Å². The summed E-state index contributed by atoms with van der Waals surface area (Å²) in [6.45, 7) is 9.97. The predicted molar refractivity (Wildman–Crippen MR) is 170 cm³/mol. The molecule has 3 aromatic rings. The van der Waals surface area contributed by atoms with Crippen LogP contribution in [0.25, 0.3) is 16.9 Å². The maximum absolute atomic E-state index is 15.6. The first-order chi connectivity index (χ1) is 21.8. The molecule has 4 bridgehead atoms. The largest absolute Gasteiger partial charge is 0.490 e. The summed E-state index contributed by atoms with van der Waals surface area (Å²) in [5.74, 6) is 0.754. The molecule has 5 aliphatic rings. The van der Waals surface area contributed by atoms with Crippen LogP contribution in [0.15, 0.2) is 12.1 Å². The van der Waals surface area contributed by atoms with Gasteiger partial charge in [-0.2, -0.15) is 5.10 Å². The molecule has 4 saturated carbocycles. The Hall–Kier alpha value is -3.53. The summed E-state index contributed by atoms with van der Waals surface area (Å²) in [5, 5.41) is 18.2. The number of hydrogen-bond donors (Lipinski definition) is 2. The van der Waals surface area contributed by atoms with E-state index in [1.54, 1.807) is 33.8 Å². The fourth-order valence-corrected chi connectivity index (χ4v) is 9.44. The van der Waals surface area contributed by atoms with Gasteiger partial charge < -0.3 is 19.9 Å². The Morgan fingerprint density at radius 3 is 2.46 bits per heavy atom. The summed E-state index contributed by atoms with van der Waals surface area (Å²) in [6.07, 6.45) is 8.92. The van der Waals surface area contributed by atoms with E-state index in [1.165, 1.54) is 49.1 Å². The highest BCUT2D eigenvalue weighted by atomic mass is 19.1. The molecule has 0 radical (unpaired) electrons. The van der Waals surface area contributed by atoms with Crippen LogP contribution in [0.1, 0.15) is 111 Å². The Bertz CT molecular complexity index is 1690. The van der Waals surface area contributed by atoms with E-state index in [0.717, 1.165) is 41.7 Å². The average Bonchev–Trinajstić information content (AvgIpc) is 3.40. The van der Waals surface area contributed by atoms with Crippen LogP contribution in [-0.4, -0.2) is 50.3 Å². The molecule has 8 rings (SSSR count). The molecule has 1 amide bonds. The van der Waals surface area contributed by atoms with E-state index in [4.69, 9.17) is 19.6 Å². The number of aromatic nitrogens is 3. The van der Waals surface area contributed by atoms with E-state index in [1.807, 2.05) is 6.92 Å². The predicted octanol–water partition coefficient (Wildman–Crippen LogP) is 6.75. The Morgan fingerprint density at radius 1 is 1.15 bits per heavy atom. The number of halogens is 1. The van der Waals surface area contributed by atoms with Gasteiger partial charge in [0.25, 0.3) is 5.91 Å². The second kappa shape index (κ2) is 11.3. The van der Waals surface area contributed by atoms with Crippen molar-refractivity contribution >= 4 is 17.5 Å². The van der Waals surface area contributed by atoms with Gasteiger partial charge in [-0.3, -0.25) is 4.79 Å². The fraction of sp³-hybridized carbons (Fsp3) is 0.611. The van der Waals surface area contributed by atoms with Crippen molar-refractivity contribution in [2.45, 2.75) is 104 Å². The van der Waals surface area contributed by atoms with Gasteiger partial charge in [-0.05, 0) is 127 Å². The summed E-state index contributed by atoms with van der Waals surface area (Å²) in [4.78, 5) is 31.0. The molecule has 1 atom stereocenters. The molecule has 1 aromatic carbocycles. The lowest BCUT2D eigenvalue weighted by Gasteiger charge is -2.57.